The standard InChI is InChI=1S/C10H19NO5/c1-9(2,3)16-8(14)11-6(7(12)13)10(4,5)15/h6,15H,1-5H3,(H,11,14)(H,12,13). The van der Waals surface area contributed by atoms with Crippen LogP contribution in [0.1, 0.15) is 34.6 Å². The maximum atomic E-state index is 11.3. The third-order valence-corrected chi connectivity index (χ3v) is 1.61. The fourth-order valence-corrected chi connectivity index (χ4v) is 0.966. The van der Waals surface area contributed by atoms with E-state index < -0.39 is 29.3 Å². The van der Waals surface area contributed by atoms with E-state index in [4.69, 9.17) is 9.84 Å². The molecule has 0 spiro atoms. The van der Waals surface area contributed by atoms with Crippen LogP contribution in [0.3, 0.4) is 0 Å². The van der Waals surface area contributed by atoms with Crippen LogP contribution in [0.5, 0.6) is 0 Å². The van der Waals surface area contributed by atoms with E-state index in [9.17, 15) is 14.7 Å². The van der Waals surface area contributed by atoms with Gasteiger partial charge in [0.25, 0.3) is 0 Å². The number of aliphatic hydroxyl groups is 1. The lowest BCUT2D eigenvalue weighted by Crippen LogP contribution is -2.54. The second-order valence-electron chi connectivity index (χ2n) is 5.07. The van der Waals surface area contributed by atoms with Crippen molar-refractivity contribution >= 4 is 12.1 Å². The van der Waals surface area contributed by atoms with Crippen molar-refractivity contribution in [2.24, 2.45) is 0 Å². The predicted molar refractivity (Wildman–Crippen MR) is 57.1 cm³/mol. The average molecular weight is 233 g/mol. The van der Waals surface area contributed by atoms with Crippen molar-refractivity contribution in [3.05, 3.63) is 0 Å². The molecule has 0 aromatic rings. The number of aliphatic carboxylic acids is 1. The van der Waals surface area contributed by atoms with E-state index in [0.717, 1.165) is 0 Å². The highest BCUT2D eigenvalue weighted by Crippen LogP contribution is 2.11. The summed E-state index contributed by atoms with van der Waals surface area (Å²) < 4.78 is 4.89. The summed E-state index contributed by atoms with van der Waals surface area (Å²) >= 11 is 0. The van der Waals surface area contributed by atoms with Gasteiger partial charge in [0.15, 0.2) is 6.04 Å². The lowest BCUT2D eigenvalue weighted by atomic mass is 9.99. The van der Waals surface area contributed by atoms with E-state index in [1.807, 2.05) is 0 Å². The van der Waals surface area contributed by atoms with Crippen molar-refractivity contribution in [1.82, 2.24) is 5.32 Å². The molecule has 0 fully saturated rings. The molecular formula is C10H19NO5. The molecular weight excluding hydrogens is 214 g/mol. The highest BCUT2D eigenvalue weighted by atomic mass is 16.6. The van der Waals surface area contributed by atoms with Gasteiger partial charge in [-0.1, -0.05) is 0 Å². The second kappa shape index (κ2) is 4.69. The van der Waals surface area contributed by atoms with Crippen LogP contribution in [0.15, 0.2) is 0 Å². The first-order chi connectivity index (χ1) is 6.93. The summed E-state index contributed by atoms with van der Waals surface area (Å²) in [6.45, 7) is 7.57. The fourth-order valence-electron chi connectivity index (χ4n) is 0.966. The van der Waals surface area contributed by atoms with Gasteiger partial charge in [0.1, 0.15) is 5.60 Å². The molecule has 3 N–H and O–H groups in total. The number of ether oxygens (including phenoxy) is 1. The lowest BCUT2D eigenvalue weighted by Gasteiger charge is -2.28. The summed E-state index contributed by atoms with van der Waals surface area (Å²) in [4.78, 5) is 22.1. The van der Waals surface area contributed by atoms with E-state index in [1.165, 1.54) is 13.8 Å². The molecule has 0 rings (SSSR count). The van der Waals surface area contributed by atoms with E-state index in [0.29, 0.717) is 0 Å². The molecule has 16 heavy (non-hydrogen) atoms. The molecule has 1 unspecified atom stereocenters. The Bertz CT molecular complexity index is 274. The molecule has 0 bridgehead atoms. The molecule has 0 aliphatic heterocycles. The van der Waals surface area contributed by atoms with Crippen LogP contribution in [0, 0.1) is 0 Å². The zero-order chi connectivity index (χ0) is 13.1. The molecule has 0 saturated carbocycles. The smallest absolute Gasteiger partial charge is 0.408 e. The van der Waals surface area contributed by atoms with E-state index in [-0.39, 0.29) is 0 Å². The predicted octanol–water partition coefficient (Wildman–Crippen LogP) is 0.735. The molecule has 1 amide bonds. The summed E-state index contributed by atoms with van der Waals surface area (Å²) in [6.07, 6.45) is -0.873. The van der Waals surface area contributed by atoms with Gasteiger partial charge in [0, 0.05) is 0 Å². The first-order valence-corrected chi connectivity index (χ1v) is 4.88. The molecule has 1 atom stereocenters. The molecule has 0 saturated heterocycles. The van der Waals surface area contributed by atoms with Crippen LogP contribution in [0.4, 0.5) is 4.79 Å². The van der Waals surface area contributed by atoms with Crippen LogP contribution < -0.4 is 5.32 Å². The summed E-state index contributed by atoms with van der Waals surface area (Å²) in [7, 11) is 0. The Morgan fingerprint density at radius 2 is 1.62 bits per heavy atom. The van der Waals surface area contributed by atoms with E-state index in [1.54, 1.807) is 20.8 Å². The van der Waals surface area contributed by atoms with Crippen molar-refractivity contribution in [3.63, 3.8) is 0 Å². The largest absolute Gasteiger partial charge is 0.480 e. The summed E-state index contributed by atoms with van der Waals surface area (Å²) in [6, 6.07) is -1.41. The van der Waals surface area contributed by atoms with Crippen LogP contribution in [0.25, 0.3) is 0 Å². The molecule has 6 heteroatoms. The zero-order valence-corrected chi connectivity index (χ0v) is 10.2. The number of hydrogen-bond acceptors (Lipinski definition) is 4. The minimum absolute atomic E-state index is 0.716. The van der Waals surface area contributed by atoms with Gasteiger partial charge in [-0.25, -0.2) is 9.59 Å². The Morgan fingerprint density at radius 3 is 1.88 bits per heavy atom. The fraction of sp³-hybridized carbons (Fsp3) is 0.800. The lowest BCUT2D eigenvalue weighted by molar-refractivity contribution is -0.145. The Labute approximate surface area is 94.6 Å². The Hall–Kier alpha value is -1.30. The van der Waals surface area contributed by atoms with Crippen LogP contribution in [-0.4, -0.2) is 39.5 Å². The molecule has 94 valence electrons. The van der Waals surface area contributed by atoms with Gasteiger partial charge in [-0.2, -0.15) is 0 Å². The van der Waals surface area contributed by atoms with Gasteiger partial charge in [-0.3, -0.25) is 0 Å². The monoisotopic (exact) mass is 233 g/mol. The number of rotatable bonds is 3. The molecule has 6 nitrogen and oxygen atoms in total. The van der Waals surface area contributed by atoms with Crippen molar-refractivity contribution < 1.29 is 24.5 Å². The van der Waals surface area contributed by atoms with Gasteiger partial charge in [-0.05, 0) is 34.6 Å². The number of carbonyl (C=O) groups is 2. The summed E-state index contributed by atoms with van der Waals surface area (Å²) in [5.41, 5.74) is -2.28. The van der Waals surface area contributed by atoms with Gasteiger partial charge >= 0.3 is 12.1 Å². The van der Waals surface area contributed by atoms with Crippen molar-refractivity contribution in [2.45, 2.75) is 51.9 Å². The summed E-state index contributed by atoms with van der Waals surface area (Å²) in [5.74, 6) is -1.32. The van der Waals surface area contributed by atoms with Crippen molar-refractivity contribution in [3.8, 4) is 0 Å². The molecule has 0 aliphatic rings. The number of carboxylic acids is 1. The number of carboxylic acid groups (broad SMARTS) is 1. The van der Waals surface area contributed by atoms with E-state index in [2.05, 4.69) is 5.32 Å². The summed E-state index contributed by atoms with van der Waals surface area (Å²) in [5, 5.41) is 20.5. The normalized spacial score (nSPS) is 14.1. The van der Waals surface area contributed by atoms with Gasteiger partial charge in [-0.15, -0.1) is 0 Å². The first kappa shape index (κ1) is 14.7. The second-order valence-corrected chi connectivity index (χ2v) is 5.07. The molecule has 0 aromatic carbocycles. The van der Waals surface area contributed by atoms with Crippen molar-refractivity contribution in [2.75, 3.05) is 0 Å². The van der Waals surface area contributed by atoms with Gasteiger partial charge in [0.05, 0.1) is 5.60 Å². The SMILES string of the molecule is CC(C)(C)OC(=O)NC(C(=O)O)C(C)(C)O. The number of hydrogen-bond donors (Lipinski definition) is 3. The Balaban J connectivity index is 4.56. The number of nitrogens with one attached hydrogen (secondary N) is 1. The maximum Gasteiger partial charge on any atom is 0.408 e. The van der Waals surface area contributed by atoms with Gasteiger partial charge in [0.2, 0.25) is 0 Å². The minimum atomic E-state index is -1.57. The average Bonchev–Trinajstić information content (AvgIpc) is 1.93. The molecule has 0 aromatic heterocycles. The van der Waals surface area contributed by atoms with Crippen LogP contribution in [-0.2, 0) is 9.53 Å². The molecule has 0 radical (unpaired) electrons. The number of alkyl carbamates (subject to hydrolysis) is 1. The Morgan fingerprint density at radius 1 is 1.19 bits per heavy atom. The minimum Gasteiger partial charge on any atom is -0.480 e. The topological polar surface area (TPSA) is 95.9 Å². The third-order valence-electron chi connectivity index (χ3n) is 1.61. The van der Waals surface area contributed by atoms with Crippen LogP contribution >= 0.6 is 0 Å². The van der Waals surface area contributed by atoms with Crippen molar-refractivity contribution in [1.29, 1.82) is 0 Å². The third kappa shape index (κ3) is 5.55. The maximum absolute atomic E-state index is 11.3. The highest BCUT2D eigenvalue weighted by molar-refractivity contribution is 5.81. The first-order valence-electron chi connectivity index (χ1n) is 4.88. The number of amides is 1. The molecule has 0 heterocycles. The molecule has 0 aliphatic carbocycles. The Kier molecular flexibility index (Phi) is 4.31. The quantitative estimate of drug-likeness (QED) is 0.668. The van der Waals surface area contributed by atoms with Crippen LogP contribution in [0.2, 0.25) is 0 Å². The van der Waals surface area contributed by atoms with E-state index >= 15 is 0 Å². The highest BCUT2D eigenvalue weighted by Gasteiger charge is 2.35. The number of carbonyl (C=O) groups excluding carboxylic acids is 1. The van der Waals surface area contributed by atoms with Gasteiger partial charge < -0.3 is 20.3 Å². The zero-order valence-electron chi connectivity index (χ0n) is 10.2.